The van der Waals surface area contributed by atoms with Crippen LogP contribution in [0.1, 0.15) is 22.3 Å². The zero-order valence-electron chi connectivity index (χ0n) is 10.3. The topological polar surface area (TPSA) is 33.2 Å². The molecule has 1 aliphatic rings. The van der Waals surface area contributed by atoms with Gasteiger partial charge in [0.25, 0.3) is 5.91 Å². The van der Waals surface area contributed by atoms with Crippen LogP contribution in [0.5, 0.6) is 0 Å². The molecule has 0 unspecified atom stereocenters. The maximum Gasteiger partial charge on any atom is 0.258 e. The van der Waals surface area contributed by atoms with Crippen molar-refractivity contribution >= 4 is 27.5 Å². The molecule has 0 spiro atoms. The molecule has 3 nitrogen and oxygen atoms in total. The zero-order chi connectivity index (χ0) is 13.2. The lowest BCUT2D eigenvalue weighted by molar-refractivity contribution is 0.0985. The third-order valence-electron chi connectivity index (χ3n) is 3.33. The Balaban J connectivity index is 1.98. The van der Waals surface area contributed by atoms with Crippen LogP contribution < -0.4 is 4.90 Å². The number of pyridine rings is 1. The summed E-state index contributed by atoms with van der Waals surface area (Å²) >= 11 is 3.30. The molecule has 0 atom stereocenters. The molecule has 0 radical (unpaired) electrons. The van der Waals surface area contributed by atoms with Gasteiger partial charge in [-0.25, -0.2) is 4.98 Å². The molecular weight excluding hydrogens is 304 g/mol. The van der Waals surface area contributed by atoms with E-state index in [0.717, 1.165) is 25.1 Å². The SMILES string of the molecule is O=C(c1ccnc(Br)c1)N1CCCc2ccccc21. The van der Waals surface area contributed by atoms with E-state index in [4.69, 9.17) is 0 Å². The van der Waals surface area contributed by atoms with Crippen LogP contribution in [0.15, 0.2) is 47.2 Å². The van der Waals surface area contributed by atoms with Gasteiger partial charge in [0, 0.05) is 24.0 Å². The van der Waals surface area contributed by atoms with E-state index in [1.807, 2.05) is 23.1 Å². The number of rotatable bonds is 1. The van der Waals surface area contributed by atoms with Crippen molar-refractivity contribution in [1.82, 2.24) is 4.98 Å². The van der Waals surface area contributed by atoms with Crippen molar-refractivity contribution in [3.8, 4) is 0 Å². The average molecular weight is 317 g/mol. The van der Waals surface area contributed by atoms with Crippen LogP contribution in [0.3, 0.4) is 0 Å². The lowest BCUT2D eigenvalue weighted by atomic mass is 10.0. The molecule has 0 bridgehead atoms. The molecule has 1 aromatic carbocycles. The van der Waals surface area contributed by atoms with Crippen LogP contribution in [-0.4, -0.2) is 17.4 Å². The van der Waals surface area contributed by atoms with Gasteiger partial charge in [0.2, 0.25) is 0 Å². The minimum absolute atomic E-state index is 0.0373. The van der Waals surface area contributed by atoms with Crippen LogP contribution in [0.2, 0.25) is 0 Å². The van der Waals surface area contributed by atoms with Gasteiger partial charge in [0.15, 0.2) is 0 Å². The van der Waals surface area contributed by atoms with E-state index in [0.29, 0.717) is 10.2 Å². The number of hydrogen-bond donors (Lipinski definition) is 0. The Morgan fingerprint density at radius 3 is 2.95 bits per heavy atom. The highest BCUT2D eigenvalue weighted by Gasteiger charge is 2.23. The van der Waals surface area contributed by atoms with Crippen LogP contribution in [0.25, 0.3) is 0 Å². The first-order chi connectivity index (χ1) is 9.25. The quantitative estimate of drug-likeness (QED) is 0.755. The van der Waals surface area contributed by atoms with Gasteiger partial charge in [-0.05, 0) is 52.5 Å². The Labute approximate surface area is 120 Å². The van der Waals surface area contributed by atoms with E-state index in [2.05, 4.69) is 27.0 Å². The van der Waals surface area contributed by atoms with Crippen LogP contribution in [0, 0.1) is 0 Å². The first kappa shape index (κ1) is 12.4. The Morgan fingerprint density at radius 1 is 1.26 bits per heavy atom. The van der Waals surface area contributed by atoms with E-state index in [1.54, 1.807) is 18.3 Å². The molecule has 2 aromatic rings. The number of amides is 1. The molecule has 2 heterocycles. The number of fused-ring (bicyclic) bond motifs is 1. The molecule has 1 aliphatic heterocycles. The Kier molecular flexibility index (Phi) is 3.34. The van der Waals surface area contributed by atoms with Gasteiger partial charge in [0.05, 0.1) is 0 Å². The summed E-state index contributed by atoms with van der Waals surface area (Å²) in [4.78, 5) is 18.5. The smallest absolute Gasteiger partial charge is 0.258 e. The molecule has 96 valence electrons. The molecule has 0 saturated carbocycles. The lowest BCUT2D eigenvalue weighted by Crippen LogP contribution is -2.35. The predicted octanol–water partition coefficient (Wildman–Crippen LogP) is 3.44. The third kappa shape index (κ3) is 2.40. The van der Waals surface area contributed by atoms with Gasteiger partial charge in [-0.3, -0.25) is 4.79 Å². The minimum Gasteiger partial charge on any atom is -0.308 e. The molecule has 3 rings (SSSR count). The number of anilines is 1. The summed E-state index contributed by atoms with van der Waals surface area (Å²) in [6, 6.07) is 11.6. The first-order valence-corrected chi connectivity index (χ1v) is 7.06. The number of aromatic nitrogens is 1. The molecule has 19 heavy (non-hydrogen) atoms. The van der Waals surface area contributed by atoms with Crippen molar-refractivity contribution in [2.45, 2.75) is 12.8 Å². The van der Waals surface area contributed by atoms with Gasteiger partial charge in [-0.15, -0.1) is 0 Å². The number of benzene rings is 1. The number of nitrogens with zero attached hydrogens (tertiary/aromatic N) is 2. The van der Waals surface area contributed by atoms with Gasteiger partial charge >= 0.3 is 0 Å². The number of halogens is 1. The summed E-state index contributed by atoms with van der Waals surface area (Å²) < 4.78 is 0.684. The first-order valence-electron chi connectivity index (χ1n) is 6.27. The second-order valence-corrected chi connectivity index (χ2v) is 5.37. The monoisotopic (exact) mass is 316 g/mol. The fourth-order valence-corrected chi connectivity index (χ4v) is 2.80. The van der Waals surface area contributed by atoms with Crippen molar-refractivity contribution < 1.29 is 4.79 Å². The standard InChI is InChI=1S/C15H13BrN2O/c16-14-10-12(7-8-17-14)15(19)18-9-3-5-11-4-1-2-6-13(11)18/h1-2,4,6-8,10H,3,5,9H2. The fraction of sp³-hybridized carbons (Fsp3) is 0.200. The van der Waals surface area contributed by atoms with Crippen molar-refractivity contribution in [3.63, 3.8) is 0 Å². The molecule has 1 amide bonds. The summed E-state index contributed by atoms with van der Waals surface area (Å²) in [5, 5.41) is 0. The largest absolute Gasteiger partial charge is 0.308 e. The highest BCUT2D eigenvalue weighted by atomic mass is 79.9. The van der Waals surface area contributed by atoms with E-state index in [1.165, 1.54) is 5.56 Å². The van der Waals surface area contributed by atoms with Crippen molar-refractivity contribution in [2.24, 2.45) is 0 Å². The summed E-state index contributed by atoms with van der Waals surface area (Å²) in [5.74, 6) is 0.0373. The van der Waals surface area contributed by atoms with Crippen LogP contribution >= 0.6 is 15.9 Å². The Hall–Kier alpha value is -1.68. The molecule has 0 fully saturated rings. The minimum atomic E-state index is 0.0373. The van der Waals surface area contributed by atoms with Gasteiger partial charge in [-0.2, -0.15) is 0 Å². The maximum absolute atomic E-state index is 12.6. The number of hydrogen-bond acceptors (Lipinski definition) is 2. The van der Waals surface area contributed by atoms with Crippen LogP contribution in [-0.2, 0) is 6.42 Å². The van der Waals surface area contributed by atoms with Gasteiger partial charge in [0.1, 0.15) is 4.60 Å². The number of aryl methyl sites for hydroxylation is 1. The fourth-order valence-electron chi connectivity index (χ4n) is 2.44. The van der Waals surface area contributed by atoms with E-state index in [9.17, 15) is 4.79 Å². The Morgan fingerprint density at radius 2 is 2.11 bits per heavy atom. The summed E-state index contributed by atoms with van der Waals surface area (Å²) in [6.45, 7) is 0.774. The second-order valence-electron chi connectivity index (χ2n) is 4.56. The van der Waals surface area contributed by atoms with Crippen molar-refractivity contribution in [1.29, 1.82) is 0 Å². The molecule has 4 heteroatoms. The molecule has 0 aliphatic carbocycles. The van der Waals surface area contributed by atoms with E-state index >= 15 is 0 Å². The lowest BCUT2D eigenvalue weighted by Gasteiger charge is -2.29. The third-order valence-corrected chi connectivity index (χ3v) is 3.76. The molecule has 0 N–H and O–H groups in total. The highest BCUT2D eigenvalue weighted by Crippen LogP contribution is 2.28. The van der Waals surface area contributed by atoms with Crippen molar-refractivity contribution in [3.05, 3.63) is 58.3 Å². The predicted molar refractivity (Wildman–Crippen MR) is 78.4 cm³/mol. The maximum atomic E-state index is 12.6. The molecular formula is C15H13BrN2O. The average Bonchev–Trinajstić information content (AvgIpc) is 2.46. The second kappa shape index (κ2) is 5.13. The highest BCUT2D eigenvalue weighted by molar-refractivity contribution is 9.10. The van der Waals surface area contributed by atoms with Crippen molar-refractivity contribution in [2.75, 3.05) is 11.4 Å². The van der Waals surface area contributed by atoms with E-state index < -0.39 is 0 Å². The number of carbonyl (C=O) groups excluding carboxylic acids is 1. The van der Waals surface area contributed by atoms with E-state index in [-0.39, 0.29) is 5.91 Å². The number of para-hydroxylation sites is 1. The summed E-state index contributed by atoms with van der Waals surface area (Å²) in [7, 11) is 0. The van der Waals surface area contributed by atoms with Gasteiger partial charge < -0.3 is 4.90 Å². The number of carbonyl (C=O) groups is 1. The van der Waals surface area contributed by atoms with Gasteiger partial charge in [-0.1, -0.05) is 18.2 Å². The summed E-state index contributed by atoms with van der Waals surface area (Å²) in [6.07, 6.45) is 3.70. The molecule has 1 aromatic heterocycles. The summed E-state index contributed by atoms with van der Waals surface area (Å²) in [5.41, 5.74) is 2.94. The molecule has 0 saturated heterocycles. The Bertz CT molecular complexity index is 627. The normalized spacial score (nSPS) is 14.1. The zero-order valence-corrected chi connectivity index (χ0v) is 11.9. The van der Waals surface area contributed by atoms with Crippen LogP contribution in [0.4, 0.5) is 5.69 Å².